The quantitative estimate of drug-likeness (QED) is 0.838. The van der Waals surface area contributed by atoms with Crippen molar-refractivity contribution in [1.82, 2.24) is 5.32 Å². The van der Waals surface area contributed by atoms with Crippen molar-refractivity contribution in [3.63, 3.8) is 0 Å². The Kier molecular flexibility index (Phi) is 4.05. The lowest BCUT2D eigenvalue weighted by Gasteiger charge is -2.17. The third kappa shape index (κ3) is 4.01. The fourth-order valence-corrected chi connectivity index (χ4v) is 1.24. The first-order valence-electron chi connectivity index (χ1n) is 5.42. The summed E-state index contributed by atoms with van der Waals surface area (Å²) in [7, 11) is 0. The Bertz CT molecular complexity index is 351. The SMILES string of the molecule is CC(C)(C)C(=O)NCCc1ccc(F)cc1. The summed E-state index contributed by atoms with van der Waals surface area (Å²) < 4.78 is 12.6. The molecule has 3 heteroatoms. The topological polar surface area (TPSA) is 29.1 Å². The van der Waals surface area contributed by atoms with Crippen molar-refractivity contribution in [3.05, 3.63) is 35.6 Å². The van der Waals surface area contributed by atoms with E-state index in [2.05, 4.69) is 5.32 Å². The van der Waals surface area contributed by atoms with Gasteiger partial charge < -0.3 is 5.32 Å². The van der Waals surface area contributed by atoms with E-state index >= 15 is 0 Å². The van der Waals surface area contributed by atoms with E-state index in [9.17, 15) is 9.18 Å². The fraction of sp³-hybridized carbons (Fsp3) is 0.462. The number of rotatable bonds is 3. The highest BCUT2D eigenvalue weighted by atomic mass is 19.1. The predicted octanol–water partition coefficient (Wildman–Crippen LogP) is 2.53. The first kappa shape index (κ1) is 12.7. The van der Waals surface area contributed by atoms with Crippen molar-refractivity contribution in [2.75, 3.05) is 6.54 Å². The molecule has 0 saturated carbocycles. The predicted molar refractivity (Wildman–Crippen MR) is 62.6 cm³/mol. The molecular weight excluding hydrogens is 205 g/mol. The van der Waals surface area contributed by atoms with Gasteiger partial charge in [0.15, 0.2) is 0 Å². The molecule has 0 aliphatic heterocycles. The maximum atomic E-state index is 12.6. The Morgan fingerprint density at radius 1 is 1.25 bits per heavy atom. The number of carbonyl (C=O) groups excluding carboxylic acids is 1. The standard InChI is InChI=1S/C13H18FNO/c1-13(2,3)12(16)15-9-8-10-4-6-11(14)7-5-10/h4-7H,8-9H2,1-3H3,(H,15,16). The first-order valence-corrected chi connectivity index (χ1v) is 5.42. The summed E-state index contributed by atoms with van der Waals surface area (Å²) in [5.41, 5.74) is 0.665. The molecule has 16 heavy (non-hydrogen) atoms. The van der Waals surface area contributed by atoms with Gasteiger partial charge in [0, 0.05) is 12.0 Å². The van der Waals surface area contributed by atoms with Crippen LogP contribution in [-0.4, -0.2) is 12.5 Å². The largest absolute Gasteiger partial charge is 0.355 e. The van der Waals surface area contributed by atoms with Crippen LogP contribution in [0, 0.1) is 11.2 Å². The van der Waals surface area contributed by atoms with E-state index in [0.29, 0.717) is 6.54 Å². The lowest BCUT2D eigenvalue weighted by Crippen LogP contribution is -2.35. The van der Waals surface area contributed by atoms with Crippen LogP contribution in [0.1, 0.15) is 26.3 Å². The Balaban J connectivity index is 2.36. The number of amides is 1. The highest BCUT2D eigenvalue weighted by Gasteiger charge is 2.20. The highest BCUT2D eigenvalue weighted by molar-refractivity contribution is 5.81. The zero-order valence-electron chi connectivity index (χ0n) is 10.0. The van der Waals surface area contributed by atoms with Crippen LogP contribution in [0.3, 0.4) is 0 Å². The summed E-state index contributed by atoms with van der Waals surface area (Å²) in [6.45, 7) is 6.21. The van der Waals surface area contributed by atoms with Gasteiger partial charge in [-0.1, -0.05) is 32.9 Å². The van der Waals surface area contributed by atoms with Crippen LogP contribution in [0.15, 0.2) is 24.3 Å². The molecule has 0 radical (unpaired) electrons. The van der Waals surface area contributed by atoms with Gasteiger partial charge in [-0.25, -0.2) is 4.39 Å². The number of hydrogen-bond donors (Lipinski definition) is 1. The van der Waals surface area contributed by atoms with Crippen molar-refractivity contribution in [2.24, 2.45) is 5.41 Å². The van der Waals surface area contributed by atoms with Gasteiger partial charge in [0.2, 0.25) is 5.91 Å². The van der Waals surface area contributed by atoms with Crippen LogP contribution in [0.4, 0.5) is 4.39 Å². The molecule has 0 aliphatic rings. The van der Waals surface area contributed by atoms with Crippen molar-refractivity contribution < 1.29 is 9.18 Å². The number of benzene rings is 1. The molecule has 0 spiro atoms. The zero-order chi connectivity index (χ0) is 12.2. The summed E-state index contributed by atoms with van der Waals surface area (Å²) >= 11 is 0. The van der Waals surface area contributed by atoms with Crippen LogP contribution in [-0.2, 0) is 11.2 Å². The van der Waals surface area contributed by atoms with Gasteiger partial charge in [0.25, 0.3) is 0 Å². The molecule has 0 bridgehead atoms. The highest BCUT2D eigenvalue weighted by Crippen LogP contribution is 2.12. The molecule has 2 nitrogen and oxygen atoms in total. The van der Waals surface area contributed by atoms with Crippen molar-refractivity contribution in [2.45, 2.75) is 27.2 Å². The van der Waals surface area contributed by atoms with E-state index in [4.69, 9.17) is 0 Å². The van der Waals surface area contributed by atoms with E-state index in [1.165, 1.54) is 12.1 Å². The van der Waals surface area contributed by atoms with Crippen molar-refractivity contribution in [1.29, 1.82) is 0 Å². The molecule has 0 heterocycles. The van der Waals surface area contributed by atoms with Crippen molar-refractivity contribution in [3.8, 4) is 0 Å². The van der Waals surface area contributed by atoms with E-state index in [1.807, 2.05) is 20.8 Å². The third-order valence-electron chi connectivity index (χ3n) is 2.29. The smallest absolute Gasteiger partial charge is 0.225 e. The van der Waals surface area contributed by atoms with E-state index in [1.54, 1.807) is 12.1 Å². The average Bonchev–Trinajstić information content (AvgIpc) is 2.19. The maximum Gasteiger partial charge on any atom is 0.225 e. The molecule has 0 atom stereocenters. The number of hydrogen-bond acceptors (Lipinski definition) is 1. The van der Waals surface area contributed by atoms with Crippen LogP contribution < -0.4 is 5.32 Å². The fourth-order valence-electron chi connectivity index (χ4n) is 1.24. The number of halogens is 1. The molecule has 0 unspecified atom stereocenters. The normalized spacial score (nSPS) is 11.2. The summed E-state index contributed by atoms with van der Waals surface area (Å²) in [6, 6.07) is 6.33. The first-order chi connectivity index (χ1) is 7.39. The number of nitrogens with one attached hydrogen (secondary N) is 1. The summed E-state index contributed by atoms with van der Waals surface area (Å²) in [5, 5.41) is 2.85. The van der Waals surface area contributed by atoms with Crippen LogP contribution in [0.25, 0.3) is 0 Å². The Hall–Kier alpha value is -1.38. The Morgan fingerprint density at radius 2 is 1.81 bits per heavy atom. The lowest BCUT2D eigenvalue weighted by molar-refractivity contribution is -0.128. The van der Waals surface area contributed by atoms with E-state index in [0.717, 1.165) is 12.0 Å². The minimum atomic E-state index is -0.358. The third-order valence-corrected chi connectivity index (χ3v) is 2.29. The van der Waals surface area contributed by atoms with Crippen molar-refractivity contribution >= 4 is 5.91 Å². The molecular formula is C13H18FNO. The van der Waals surface area contributed by atoms with Gasteiger partial charge in [-0.2, -0.15) is 0 Å². The molecule has 88 valence electrons. The average molecular weight is 223 g/mol. The summed E-state index contributed by atoms with van der Waals surface area (Å²) in [5.74, 6) is -0.197. The summed E-state index contributed by atoms with van der Waals surface area (Å²) in [6.07, 6.45) is 0.724. The van der Waals surface area contributed by atoms with Gasteiger partial charge in [-0.15, -0.1) is 0 Å². The molecule has 0 fully saturated rings. The van der Waals surface area contributed by atoms with Gasteiger partial charge in [-0.3, -0.25) is 4.79 Å². The molecule has 1 N–H and O–H groups in total. The minimum Gasteiger partial charge on any atom is -0.355 e. The summed E-state index contributed by atoms with van der Waals surface area (Å²) in [4.78, 5) is 11.5. The zero-order valence-corrected chi connectivity index (χ0v) is 10.0. The molecule has 0 saturated heterocycles. The minimum absolute atomic E-state index is 0.0367. The maximum absolute atomic E-state index is 12.6. The lowest BCUT2D eigenvalue weighted by atomic mass is 9.95. The van der Waals surface area contributed by atoms with Crippen LogP contribution in [0.5, 0.6) is 0 Å². The number of carbonyl (C=O) groups is 1. The van der Waals surface area contributed by atoms with Gasteiger partial charge >= 0.3 is 0 Å². The van der Waals surface area contributed by atoms with E-state index < -0.39 is 0 Å². The van der Waals surface area contributed by atoms with Crippen LogP contribution in [0.2, 0.25) is 0 Å². The Labute approximate surface area is 95.9 Å². The van der Waals surface area contributed by atoms with Gasteiger partial charge in [0.05, 0.1) is 0 Å². The molecule has 1 aromatic carbocycles. The molecule has 1 amide bonds. The molecule has 1 rings (SSSR count). The van der Waals surface area contributed by atoms with Crippen LogP contribution >= 0.6 is 0 Å². The molecule has 0 aliphatic carbocycles. The van der Waals surface area contributed by atoms with Gasteiger partial charge in [-0.05, 0) is 24.1 Å². The van der Waals surface area contributed by atoms with Gasteiger partial charge in [0.1, 0.15) is 5.82 Å². The second kappa shape index (κ2) is 5.10. The van der Waals surface area contributed by atoms with E-state index in [-0.39, 0.29) is 17.1 Å². The molecule has 0 aromatic heterocycles. The second-order valence-corrected chi connectivity index (χ2v) is 4.88. The second-order valence-electron chi connectivity index (χ2n) is 4.88. The monoisotopic (exact) mass is 223 g/mol. The Morgan fingerprint density at radius 3 is 2.31 bits per heavy atom. The molecule has 1 aromatic rings.